The van der Waals surface area contributed by atoms with E-state index in [-0.39, 0.29) is 10.7 Å². The van der Waals surface area contributed by atoms with Crippen molar-refractivity contribution < 1.29 is 22.7 Å². The van der Waals surface area contributed by atoms with Crippen LogP contribution in [0, 0.1) is 6.92 Å². The maximum absolute atomic E-state index is 12.7. The van der Waals surface area contributed by atoms with E-state index in [0.29, 0.717) is 5.75 Å². The standard InChI is InChI=1S/C17H15ClF3NO2/c1-10-3-6-13(7-4-10)24-11(2)16(23)22-15-9-12(17(19,20)21)5-8-14(15)18/h3-9,11H,1-2H3,(H,22,23)/t11-/m1/s1. The van der Waals surface area contributed by atoms with Gasteiger partial charge in [-0.2, -0.15) is 13.2 Å². The van der Waals surface area contributed by atoms with Gasteiger partial charge < -0.3 is 10.1 Å². The van der Waals surface area contributed by atoms with Crippen LogP contribution in [-0.4, -0.2) is 12.0 Å². The van der Waals surface area contributed by atoms with Crippen LogP contribution in [0.2, 0.25) is 5.02 Å². The Balaban J connectivity index is 2.09. The molecule has 2 rings (SSSR count). The molecule has 0 bridgehead atoms. The van der Waals surface area contributed by atoms with Gasteiger partial charge in [-0.1, -0.05) is 29.3 Å². The van der Waals surface area contributed by atoms with Crippen LogP contribution in [0.15, 0.2) is 42.5 Å². The first kappa shape index (κ1) is 18.1. The van der Waals surface area contributed by atoms with Gasteiger partial charge in [0.25, 0.3) is 5.91 Å². The van der Waals surface area contributed by atoms with Gasteiger partial charge in [-0.25, -0.2) is 0 Å². The largest absolute Gasteiger partial charge is 0.481 e. The molecule has 1 amide bonds. The number of benzene rings is 2. The van der Waals surface area contributed by atoms with Crippen LogP contribution >= 0.6 is 11.6 Å². The molecule has 7 heteroatoms. The van der Waals surface area contributed by atoms with E-state index in [2.05, 4.69) is 5.32 Å². The van der Waals surface area contributed by atoms with Gasteiger partial charge in [0.1, 0.15) is 5.75 Å². The van der Waals surface area contributed by atoms with Crippen LogP contribution in [0.3, 0.4) is 0 Å². The zero-order valence-corrected chi connectivity index (χ0v) is 13.7. The third-order valence-electron chi connectivity index (χ3n) is 3.25. The van der Waals surface area contributed by atoms with Crippen molar-refractivity contribution in [2.45, 2.75) is 26.1 Å². The Morgan fingerprint density at radius 2 is 1.79 bits per heavy atom. The Morgan fingerprint density at radius 3 is 2.38 bits per heavy atom. The second-order valence-corrected chi connectivity index (χ2v) is 5.66. The van der Waals surface area contributed by atoms with E-state index in [4.69, 9.17) is 16.3 Å². The molecule has 1 N–H and O–H groups in total. The molecule has 0 unspecified atom stereocenters. The number of aryl methyl sites for hydroxylation is 1. The summed E-state index contributed by atoms with van der Waals surface area (Å²) >= 11 is 5.85. The van der Waals surface area contributed by atoms with Gasteiger partial charge in [-0.3, -0.25) is 4.79 Å². The number of alkyl halides is 3. The molecule has 0 aromatic heterocycles. The topological polar surface area (TPSA) is 38.3 Å². The van der Waals surface area contributed by atoms with Crippen molar-refractivity contribution in [1.82, 2.24) is 0 Å². The molecule has 0 heterocycles. The van der Waals surface area contributed by atoms with Crippen molar-refractivity contribution >= 4 is 23.2 Å². The number of rotatable bonds is 4. The highest BCUT2D eigenvalue weighted by Gasteiger charge is 2.31. The molecule has 0 aliphatic heterocycles. The highest BCUT2D eigenvalue weighted by atomic mass is 35.5. The van der Waals surface area contributed by atoms with Crippen molar-refractivity contribution in [1.29, 1.82) is 0 Å². The molecule has 0 aliphatic rings. The zero-order chi connectivity index (χ0) is 17.9. The second-order valence-electron chi connectivity index (χ2n) is 5.25. The number of anilines is 1. The normalized spacial score (nSPS) is 12.6. The minimum atomic E-state index is -4.52. The molecule has 0 radical (unpaired) electrons. The van der Waals surface area contributed by atoms with Crippen LogP contribution < -0.4 is 10.1 Å². The summed E-state index contributed by atoms with van der Waals surface area (Å²) < 4.78 is 43.7. The summed E-state index contributed by atoms with van der Waals surface area (Å²) in [6.45, 7) is 3.41. The average Bonchev–Trinajstić information content (AvgIpc) is 2.50. The quantitative estimate of drug-likeness (QED) is 0.829. The minimum Gasteiger partial charge on any atom is -0.481 e. The summed E-state index contributed by atoms with van der Waals surface area (Å²) in [6, 6.07) is 9.79. The van der Waals surface area contributed by atoms with Gasteiger partial charge >= 0.3 is 6.18 Å². The molecule has 1 atom stereocenters. The Hall–Kier alpha value is -2.21. The summed E-state index contributed by atoms with van der Waals surface area (Å²) in [4.78, 5) is 12.1. The third kappa shape index (κ3) is 4.64. The monoisotopic (exact) mass is 357 g/mol. The lowest BCUT2D eigenvalue weighted by Crippen LogP contribution is -2.30. The molecule has 0 aliphatic carbocycles. The Kier molecular flexibility index (Phi) is 5.39. The molecule has 0 spiro atoms. The second kappa shape index (κ2) is 7.13. The first-order chi connectivity index (χ1) is 11.2. The molecule has 0 saturated carbocycles. The van der Waals surface area contributed by atoms with Gasteiger partial charge in [0, 0.05) is 0 Å². The van der Waals surface area contributed by atoms with Crippen LogP contribution in [-0.2, 0) is 11.0 Å². The SMILES string of the molecule is Cc1ccc(O[C@H](C)C(=O)Nc2cc(C(F)(F)F)ccc2Cl)cc1. The van der Waals surface area contributed by atoms with Crippen LogP contribution in [0.1, 0.15) is 18.1 Å². The molecule has 3 nitrogen and oxygen atoms in total. The third-order valence-corrected chi connectivity index (χ3v) is 3.58. The zero-order valence-electron chi connectivity index (χ0n) is 12.9. The maximum atomic E-state index is 12.7. The van der Waals surface area contributed by atoms with Gasteiger partial charge in [-0.05, 0) is 44.2 Å². The highest BCUT2D eigenvalue weighted by molar-refractivity contribution is 6.33. The average molecular weight is 358 g/mol. The number of hydrogen-bond donors (Lipinski definition) is 1. The summed E-state index contributed by atoms with van der Waals surface area (Å²) in [5.41, 5.74) is 0.0281. The molecule has 24 heavy (non-hydrogen) atoms. The number of ether oxygens (including phenoxy) is 1. The fraction of sp³-hybridized carbons (Fsp3) is 0.235. The number of carbonyl (C=O) groups excluding carboxylic acids is 1. The van der Waals surface area contributed by atoms with E-state index < -0.39 is 23.8 Å². The van der Waals surface area contributed by atoms with Crippen LogP contribution in [0.25, 0.3) is 0 Å². The van der Waals surface area contributed by atoms with Crippen LogP contribution in [0.5, 0.6) is 5.75 Å². The molecule has 2 aromatic carbocycles. The van der Waals surface area contributed by atoms with E-state index in [1.807, 2.05) is 19.1 Å². The molecular weight excluding hydrogens is 343 g/mol. The van der Waals surface area contributed by atoms with E-state index in [0.717, 1.165) is 23.8 Å². The molecule has 128 valence electrons. The van der Waals surface area contributed by atoms with Crippen molar-refractivity contribution in [3.8, 4) is 5.75 Å². The van der Waals surface area contributed by atoms with E-state index >= 15 is 0 Å². The Bertz CT molecular complexity index is 730. The molecule has 0 fully saturated rings. The first-order valence-electron chi connectivity index (χ1n) is 7.08. The lowest BCUT2D eigenvalue weighted by Gasteiger charge is -2.16. The van der Waals surface area contributed by atoms with E-state index in [1.54, 1.807) is 12.1 Å². The lowest BCUT2D eigenvalue weighted by molar-refractivity contribution is -0.137. The Morgan fingerprint density at radius 1 is 1.17 bits per heavy atom. The van der Waals surface area contributed by atoms with Crippen molar-refractivity contribution in [3.63, 3.8) is 0 Å². The van der Waals surface area contributed by atoms with Crippen molar-refractivity contribution in [3.05, 3.63) is 58.6 Å². The fourth-order valence-corrected chi connectivity index (χ4v) is 2.07. The minimum absolute atomic E-state index is 0.0129. The molecule has 0 saturated heterocycles. The highest BCUT2D eigenvalue weighted by Crippen LogP contribution is 2.33. The van der Waals surface area contributed by atoms with E-state index in [1.165, 1.54) is 6.92 Å². The number of nitrogens with one attached hydrogen (secondary N) is 1. The van der Waals surface area contributed by atoms with Gasteiger partial charge in [-0.15, -0.1) is 0 Å². The number of carbonyl (C=O) groups is 1. The lowest BCUT2D eigenvalue weighted by atomic mass is 10.2. The number of amides is 1. The summed E-state index contributed by atoms with van der Waals surface area (Å²) in [5.74, 6) is -0.116. The van der Waals surface area contributed by atoms with Crippen molar-refractivity contribution in [2.24, 2.45) is 0 Å². The molecular formula is C17H15ClF3NO2. The van der Waals surface area contributed by atoms with E-state index in [9.17, 15) is 18.0 Å². The number of halogens is 4. The predicted octanol–water partition coefficient (Wildman–Crippen LogP) is 5.07. The van der Waals surface area contributed by atoms with Crippen LogP contribution in [0.4, 0.5) is 18.9 Å². The first-order valence-corrected chi connectivity index (χ1v) is 7.45. The summed E-state index contributed by atoms with van der Waals surface area (Å²) in [7, 11) is 0. The smallest absolute Gasteiger partial charge is 0.416 e. The summed E-state index contributed by atoms with van der Waals surface area (Å²) in [5, 5.41) is 2.37. The number of hydrogen-bond acceptors (Lipinski definition) is 2. The van der Waals surface area contributed by atoms with Gasteiger partial charge in [0.05, 0.1) is 16.3 Å². The predicted molar refractivity (Wildman–Crippen MR) is 86.4 cm³/mol. The fourth-order valence-electron chi connectivity index (χ4n) is 1.91. The maximum Gasteiger partial charge on any atom is 0.416 e. The van der Waals surface area contributed by atoms with Crippen molar-refractivity contribution in [2.75, 3.05) is 5.32 Å². The molecule has 2 aromatic rings. The Labute approximate surface area is 142 Å². The van der Waals surface area contributed by atoms with Gasteiger partial charge in [0.15, 0.2) is 6.10 Å². The van der Waals surface area contributed by atoms with Gasteiger partial charge in [0.2, 0.25) is 0 Å². The summed E-state index contributed by atoms with van der Waals surface area (Å²) in [6.07, 6.45) is -5.42.